The van der Waals surface area contributed by atoms with E-state index < -0.39 is 0 Å². The predicted molar refractivity (Wildman–Crippen MR) is 50.6 cm³/mol. The highest BCUT2D eigenvalue weighted by Gasteiger charge is 2.24. The molecule has 70 valence electrons. The molecule has 1 aliphatic heterocycles. The first-order chi connectivity index (χ1) is 6.27. The minimum Gasteiger partial charge on any atom is -0.336 e. The van der Waals surface area contributed by atoms with Gasteiger partial charge in [0, 0.05) is 19.1 Å². The van der Waals surface area contributed by atoms with E-state index in [0.717, 1.165) is 13.0 Å². The van der Waals surface area contributed by atoms with Crippen LogP contribution in [0.4, 0.5) is 0 Å². The molecule has 1 amide bonds. The van der Waals surface area contributed by atoms with Gasteiger partial charge in [0.2, 0.25) is 0 Å². The molecule has 1 fully saturated rings. The van der Waals surface area contributed by atoms with Crippen molar-refractivity contribution in [2.45, 2.75) is 12.5 Å². The quantitative estimate of drug-likeness (QED) is 0.705. The third kappa shape index (κ3) is 1.71. The van der Waals surface area contributed by atoms with Crippen LogP contribution < -0.4 is 5.73 Å². The molecule has 0 aliphatic carbocycles. The Hall–Kier alpha value is -0.940. The first-order valence-corrected chi connectivity index (χ1v) is 5.08. The molecule has 0 bridgehead atoms. The fourth-order valence-electron chi connectivity index (χ4n) is 1.45. The fraction of sp³-hybridized carbons (Fsp3) is 0.500. The fourth-order valence-corrected chi connectivity index (χ4v) is 2.04. The summed E-state index contributed by atoms with van der Waals surface area (Å²) in [6, 6.07) is 0.150. The highest BCUT2D eigenvalue weighted by Crippen LogP contribution is 2.14. The van der Waals surface area contributed by atoms with Crippen LogP contribution in [0.3, 0.4) is 0 Å². The second-order valence-corrected chi connectivity index (χ2v) is 4.05. The van der Waals surface area contributed by atoms with Crippen LogP contribution in [0, 0.1) is 0 Å². The van der Waals surface area contributed by atoms with Gasteiger partial charge in [0.05, 0.1) is 11.7 Å². The molecular weight excluding hydrogens is 186 g/mol. The number of hydrogen-bond acceptors (Lipinski definition) is 4. The molecule has 2 rings (SSSR count). The summed E-state index contributed by atoms with van der Waals surface area (Å²) in [5.41, 5.74) is 7.38. The molecule has 0 radical (unpaired) electrons. The summed E-state index contributed by atoms with van der Waals surface area (Å²) in [6.07, 6.45) is 2.52. The lowest BCUT2D eigenvalue weighted by Gasteiger charge is -2.13. The molecule has 1 saturated heterocycles. The number of hydrogen-bond donors (Lipinski definition) is 1. The molecule has 2 heterocycles. The average molecular weight is 197 g/mol. The summed E-state index contributed by atoms with van der Waals surface area (Å²) in [6.45, 7) is 1.45. The van der Waals surface area contributed by atoms with Crippen molar-refractivity contribution in [2.24, 2.45) is 5.73 Å². The number of carbonyl (C=O) groups is 1. The number of nitrogens with zero attached hydrogens (tertiary/aromatic N) is 2. The zero-order valence-corrected chi connectivity index (χ0v) is 7.96. The van der Waals surface area contributed by atoms with E-state index in [2.05, 4.69) is 4.98 Å². The molecule has 0 spiro atoms. The Morgan fingerprint density at radius 2 is 2.62 bits per heavy atom. The second-order valence-electron chi connectivity index (χ2n) is 3.17. The normalized spacial score (nSPS) is 22.2. The van der Waals surface area contributed by atoms with E-state index in [1.807, 2.05) is 0 Å². The number of likely N-dealkylation sites (tertiary alicyclic amines) is 1. The molecule has 0 aromatic carbocycles. The van der Waals surface area contributed by atoms with Gasteiger partial charge in [-0.05, 0) is 6.42 Å². The number of thiazole rings is 1. The summed E-state index contributed by atoms with van der Waals surface area (Å²) in [5, 5.41) is 0. The van der Waals surface area contributed by atoms with Gasteiger partial charge in [0.25, 0.3) is 5.91 Å². The van der Waals surface area contributed by atoms with Gasteiger partial charge in [0.1, 0.15) is 4.88 Å². The minimum absolute atomic E-state index is 0.0652. The van der Waals surface area contributed by atoms with Crippen molar-refractivity contribution in [1.82, 2.24) is 9.88 Å². The van der Waals surface area contributed by atoms with Gasteiger partial charge < -0.3 is 10.6 Å². The first kappa shape index (κ1) is 8.65. The summed E-state index contributed by atoms with van der Waals surface area (Å²) in [5.74, 6) is 0.0652. The Bertz CT molecular complexity index is 298. The zero-order valence-electron chi connectivity index (χ0n) is 7.14. The Morgan fingerprint density at radius 1 is 1.77 bits per heavy atom. The van der Waals surface area contributed by atoms with E-state index in [9.17, 15) is 4.79 Å². The Balaban J connectivity index is 2.06. The average Bonchev–Trinajstić information content (AvgIpc) is 2.72. The zero-order chi connectivity index (χ0) is 9.26. The van der Waals surface area contributed by atoms with E-state index in [4.69, 9.17) is 5.73 Å². The maximum absolute atomic E-state index is 11.7. The van der Waals surface area contributed by atoms with Gasteiger partial charge in [-0.1, -0.05) is 0 Å². The number of aromatic nitrogens is 1. The van der Waals surface area contributed by atoms with Crippen LogP contribution in [0.15, 0.2) is 11.7 Å². The Kier molecular flexibility index (Phi) is 2.28. The molecule has 4 nitrogen and oxygen atoms in total. The van der Waals surface area contributed by atoms with Gasteiger partial charge in [-0.3, -0.25) is 9.78 Å². The van der Waals surface area contributed by atoms with Crippen LogP contribution in [0.1, 0.15) is 16.1 Å². The van der Waals surface area contributed by atoms with Crippen molar-refractivity contribution in [2.75, 3.05) is 13.1 Å². The first-order valence-electron chi connectivity index (χ1n) is 4.20. The highest BCUT2D eigenvalue weighted by molar-refractivity contribution is 7.11. The molecule has 0 saturated carbocycles. The Labute approximate surface area is 80.4 Å². The molecular formula is C8H11N3OS. The second kappa shape index (κ2) is 3.43. The third-order valence-electron chi connectivity index (χ3n) is 2.16. The molecule has 1 atom stereocenters. The van der Waals surface area contributed by atoms with E-state index in [1.54, 1.807) is 16.6 Å². The van der Waals surface area contributed by atoms with Gasteiger partial charge in [0.15, 0.2) is 0 Å². The lowest BCUT2D eigenvalue weighted by atomic mass is 10.3. The van der Waals surface area contributed by atoms with Gasteiger partial charge in [-0.2, -0.15) is 0 Å². The number of nitrogens with two attached hydrogens (primary N) is 1. The summed E-state index contributed by atoms with van der Waals surface area (Å²) < 4.78 is 0. The maximum atomic E-state index is 11.7. The molecule has 13 heavy (non-hydrogen) atoms. The van der Waals surface area contributed by atoms with Crippen LogP contribution in [-0.4, -0.2) is 34.9 Å². The largest absolute Gasteiger partial charge is 0.336 e. The van der Waals surface area contributed by atoms with E-state index in [-0.39, 0.29) is 11.9 Å². The van der Waals surface area contributed by atoms with Gasteiger partial charge in [-0.15, -0.1) is 11.3 Å². The summed E-state index contributed by atoms with van der Waals surface area (Å²) >= 11 is 1.38. The van der Waals surface area contributed by atoms with E-state index >= 15 is 0 Å². The van der Waals surface area contributed by atoms with E-state index in [1.165, 1.54) is 11.3 Å². The van der Waals surface area contributed by atoms with Gasteiger partial charge >= 0.3 is 0 Å². The van der Waals surface area contributed by atoms with Crippen molar-refractivity contribution in [3.63, 3.8) is 0 Å². The number of rotatable bonds is 1. The molecule has 1 aromatic rings. The SMILES string of the molecule is N[C@@H]1CCN(C(=O)c2cncs2)C1. The van der Waals surface area contributed by atoms with Crippen molar-refractivity contribution < 1.29 is 4.79 Å². The van der Waals surface area contributed by atoms with Crippen molar-refractivity contribution in [1.29, 1.82) is 0 Å². The van der Waals surface area contributed by atoms with Crippen LogP contribution in [0.2, 0.25) is 0 Å². The standard InChI is InChI=1S/C8H11N3OS/c9-6-1-2-11(4-6)8(12)7-3-10-5-13-7/h3,5-6H,1-2,4,9H2/t6-/m1/s1. The predicted octanol–water partition coefficient (Wildman–Crippen LogP) is 0.316. The maximum Gasteiger partial charge on any atom is 0.265 e. The third-order valence-corrected chi connectivity index (χ3v) is 2.92. The van der Waals surface area contributed by atoms with Crippen LogP contribution in [-0.2, 0) is 0 Å². The van der Waals surface area contributed by atoms with E-state index in [0.29, 0.717) is 11.4 Å². The number of carbonyl (C=O) groups excluding carboxylic acids is 1. The molecule has 5 heteroatoms. The summed E-state index contributed by atoms with van der Waals surface area (Å²) in [7, 11) is 0. The van der Waals surface area contributed by atoms with Gasteiger partial charge in [-0.25, -0.2) is 0 Å². The lowest BCUT2D eigenvalue weighted by molar-refractivity contribution is 0.0795. The molecule has 0 unspecified atom stereocenters. The van der Waals surface area contributed by atoms with Crippen LogP contribution in [0.5, 0.6) is 0 Å². The van der Waals surface area contributed by atoms with Crippen molar-refractivity contribution in [3.05, 3.63) is 16.6 Å². The topological polar surface area (TPSA) is 59.2 Å². The molecule has 1 aromatic heterocycles. The Morgan fingerprint density at radius 3 is 3.15 bits per heavy atom. The summed E-state index contributed by atoms with van der Waals surface area (Å²) in [4.78, 5) is 18.1. The smallest absolute Gasteiger partial charge is 0.265 e. The molecule has 1 aliphatic rings. The van der Waals surface area contributed by atoms with Crippen molar-refractivity contribution >= 4 is 17.2 Å². The highest BCUT2D eigenvalue weighted by atomic mass is 32.1. The minimum atomic E-state index is 0.0652. The van der Waals surface area contributed by atoms with Crippen LogP contribution in [0.25, 0.3) is 0 Å². The monoisotopic (exact) mass is 197 g/mol. The molecule has 2 N–H and O–H groups in total. The lowest BCUT2D eigenvalue weighted by Crippen LogP contribution is -2.31. The number of amides is 1. The van der Waals surface area contributed by atoms with Crippen molar-refractivity contribution in [3.8, 4) is 0 Å². The van der Waals surface area contributed by atoms with Crippen LogP contribution >= 0.6 is 11.3 Å².